The van der Waals surface area contributed by atoms with Crippen LogP contribution in [0.15, 0.2) is 24.3 Å². The first-order valence-corrected chi connectivity index (χ1v) is 7.56. The lowest BCUT2D eigenvalue weighted by Gasteiger charge is -2.36. The highest BCUT2D eigenvalue weighted by molar-refractivity contribution is 5.46. The minimum atomic E-state index is 0.628. The van der Waals surface area contributed by atoms with E-state index >= 15 is 0 Å². The standard InChI is InChI=1S/C17H28N2/c1-13-7-5-8-14(2)17(13)18-16-10-6-9-15(11-16)12-19(3)4/h6,9-11,13-14,17-18H,5,7-8,12H2,1-4H3. The zero-order valence-electron chi connectivity index (χ0n) is 12.8. The first kappa shape index (κ1) is 14.4. The number of benzene rings is 1. The average Bonchev–Trinajstić information content (AvgIpc) is 2.34. The third-order valence-electron chi connectivity index (χ3n) is 4.30. The Bertz CT molecular complexity index is 390. The maximum atomic E-state index is 3.78. The molecule has 2 atom stereocenters. The zero-order valence-corrected chi connectivity index (χ0v) is 12.8. The van der Waals surface area contributed by atoms with Crippen LogP contribution >= 0.6 is 0 Å². The predicted molar refractivity (Wildman–Crippen MR) is 83.4 cm³/mol. The van der Waals surface area contributed by atoms with Crippen molar-refractivity contribution in [3.8, 4) is 0 Å². The fourth-order valence-electron chi connectivity index (χ4n) is 3.28. The third-order valence-corrected chi connectivity index (χ3v) is 4.30. The quantitative estimate of drug-likeness (QED) is 0.880. The third kappa shape index (κ3) is 3.97. The van der Waals surface area contributed by atoms with Crippen molar-refractivity contribution in [1.82, 2.24) is 4.90 Å². The van der Waals surface area contributed by atoms with E-state index in [1.165, 1.54) is 30.5 Å². The van der Waals surface area contributed by atoms with Crippen LogP contribution in [0.4, 0.5) is 5.69 Å². The van der Waals surface area contributed by atoms with E-state index < -0.39 is 0 Å². The van der Waals surface area contributed by atoms with Gasteiger partial charge < -0.3 is 10.2 Å². The Kier molecular flexibility index (Phi) is 4.87. The predicted octanol–water partition coefficient (Wildman–Crippen LogP) is 3.98. The number of hydrogen-bond acceptors (Lipinski definition) is 2. The summed E-state index contributed by atoms with van der Waals surface area (Å²) in [4.78, 5) is 2.21. The minimum absolute atomic E-state index is 0.628. The number of anilines is 1. The normalized spacial score (nSPS) is 27.5. The second kappa shape index (κ2) is 6.42. The molecule has 0 aromatic heterocycles. The summed E-state index contributed by atoms with van der Waals surface area (Å²) in [7, 11) is 4.23. The molecule has 1 aromatic carbocycles. The van der Waals surface area contributed by atoms with Gasteiger partial charge in [-0.3, -0.25) is 0 Å². The molecule has 1 aromatic rings. The average molecular weight is 260 g/mol. The molecule has 1 fully saturated rings. The van der Waals surface area contributed by atoms with Crippen molar-refractivity contribution in [3.63, 3.8) is 0 Å². The van der Waals surface area contributed by atoms with Crippen LogP contribution in [0.1, 0.15) is 38.7 Å². The molecule has 0 radical (unpaired) electrons. The summed E-state index contributed by atoms with van der Waals surface area (Å²) < 4.78 is 0. The van der Waals surface area contributed by atoms with E-state index in [2.05, 4.69) is 62.4 Å². The Morgan fingerprint density at radius 3 is 2.47 bits per heavy atom. The van der Waals surface area contributed by atoms with Gasteiger partial charge in [-0.05, 0) is 56.5 Å². The number of hydrogen-bond donors (Lipinski definition) is 1. The second-order valence-corrected chi connectivity index (χ2v) is 6.49. The van der Waals surface area contributed by atoms with Crippen molar-refractivity contribution < 1.29 is 0 Å². The van der Waals surface area contributed by atoms with E-state index in [1.54, 1.807) is 0 Å². The molecule has 2 nitrogen and oxygen atoms in total. The van der Waals surface area contributed by atoms with Crippen LogP contribution < -0.4 is 5.32 Å². The van der Waals surface area contributed by atoms with Gasteiger partial charge >= 0.3 is 0 Å². The van der Waals surface area contributed by atoms with Gasteiger partial charge in [0.2, 0.25) is 0 Å². The molecule has 1 N–H and O–H groups in total. The lowest BCUT2D eigenvalue weighted by Crippen LogP contribution is -2.37. The van der Waals surface area contributed by atoms with Crippen LogP contribution in [0.2, 0.25) is 0 Å². The molecule has 106 valence electrons. The van der Waals surface area contributed by atoms with Crippen molar-refractivity contribution in [2.24, 2.45) is 11.8 Å². The molecular weight excluding hydrogens is 232 g/mol. The largest absolute Gasteiger partial charge is 0.382 e. The van der Waals surface area contributed by atoms with E-state index in [0.29, 0.717) is 6.04 Å². The Balaban J connectivity index is 2.05. The van der Waals surface area contributed by atoms with Crippen LogP contribution in [0.5, 0.6) is 0 Å². The molecule has 0 spiro atoms. The topological polar surface area (TPSA) is 15.3 Å². The Hall–Kier alpha value is -1.02. The van der Waals surface area contributed by atoms with Crippen LogP contribution in [0.3, 0.4) is 0 Å². The van der Waals surface area contributed by atoms with Crippen LogP contribution in [0, 0.1) is 11.8 Å². The first-order chi connectivity index (χ1) is 9.06. The molecule has 0 bridgehead atoms. The van der Waals surface area contributed by atoms with Gasteiger partial charge in [0.1, 0.15) is 0 Å². The van der Waals surface area contributed by atoms with Crippen LogP contribution in [0.25, 0.3) is 0 Å². The van der Waals surface area contributed by atoms with Gasteiger partial charge in [0.15, 0.2) is 0 Å². The smallest absolute Gasteiger partial charge is 0.0345 e. The SMILES string of the molecule is CC1CCCC(C)C1Nc1cccc(CN(C)C)c1. The highest BCUT2D eigenvalue weighted by Gasteiger charge is 2.27. The van der Waals surface area contributed by atoms with E-state index in [-0.39, 0.29) is 0 Å². The summed E-state index contributed by atoms with van der Waals surface area (Å²) in [5, 5.41) is 3.78. The summed E-state index contributed by atoms with van der Waals surface area (Å²) in [6.45, 7) is 5.78. The number of nitrogens with one attached hydrogen (secondary N) is 1. The van der Waals surface area contributed by atoms with Gasteiger partial charge in [0.25, 0.3) is 0 Å². The molecule has 0 heterocycles. The lowest BCUT2D eigenvalue weighted by molar-refractivity contribution is 0.268. The molecule has 19 heavy (non-hydrogen) atoms. The molecule has 2 heteroatoms. The van der Waals surface area contributed by atoms with Crippen molar-refractivity contribution in [1.29, 1.82) is 0 Å². The van der Waals surface area contributed by atoms with Crippen molar-refractivity contribution in [2.75, 3.05) is 19.4 Å². The molecule has 0 aliphatic heterocycles. The van der Waals surface area contributed by atoms with E-state index in [4.69, 9.17) is 0 Å². The van der Waals surface area contributed by atoms with Crippen molar-refractivity contribution in [2.45, 2.75) is 45.7 Å². The lowest BCUT2D eigenvalue weighted by atomic mass is 9.78. The summed E-state index contributed by atoms with van der Waals surface area (Å²) >= 11 is 0. The number of nitrogens with zero attached hydrogens (tertiary/aromatic N) is 1. The summed E-state index contributed by atoms with van der Waals surface area (Å²) in [5.74, 6) is 1.56. The van der Waals surface area contributed by atoms with E-state index in [9.17, 15) is 0 Å². The van der Waals surface area contributed by atoms with Gasteiger partial charge in [-0.15, -0.1) is 0 Å². The zero-order chi connectivity index (χ0) is 13.8. The number of rotatable bonds is 4. The Morgan fingerprint density at radius 1 is 1.16 bits per heavy atom. The fourth-order valence-corrected chi connectivity index (χ4v) is 3.28. The van der Waals surface area contributed by atoms with Crippen molar-refractivity contribution >= 4 is 5.69 Å². The Labute approximate surface area is 118 Å². The molecular formula is C17H28N2. The monoisotopic (exact) mass is 260 g/mol. The van der Waals surface area contributed by atoms with E-state index in [1.807, 2.05) is 0 Å². The molecule has 1 aliphatic carbocycles. The maximum absolute atomic E-state index is 3.78. The summed E-state index contributed by atoms with van der Waals surface area (Å²) in [6, 6.07) is 9.50. The Morgan fingerprint density at radius 2 is 1.84 bits per heavy atom. The second-order valence-electron chi connectivity index (χ2n) is 6.49. The first-order valence-electron chi connectivity index (χ1n) is 7.56. The van der Waals surface area contributed by atoms with Gasteiger partial charge in [0, 0.05) is 18.3 Å². The van der Waals surface area contributed by atoms with Gasteiger partial charge in [-0.1, -0.05) is 32.4 Å². The van der Waals surface area contributed by atoms with Crippen LogP contribution in [-0.2, 0) is 6.54 Å². The van der Waals surface area contributed by atoms with Gasteiger partial charge in [-0.25, -0.2) is 0 Å². The van der Waals surface area contributed by atoms with Crippen LogP contribution in [-0.4, -0.2) is 25.0 Å². The molecule has 1 saturated carbocycles. The molecule has 2 rings (SSSR count). The minimum Gasteiger partial charge on any atom is -0.382 e. The summed E-state index contributed by atoms with van der Waals surface area (Å²) in [5.41, 5.74) is 2.66. The van der Waals surface area contributed by atoms with E-state index in [0.717, 1.165) is 18.4 Å². The van der Waals surface area contributed by atoms with Gasteiger partial charge in [0.05, 0.1) is 0 Å². The molecule has 2 unspecified atom stereocenters. The maximum Gasteiger partial charge on any atom is 0.0345 e. The van der Waals surface area contributed by atoms with Gasteiger partial charge in [-0.2, -0.15) is 0 Å². The van der Waals surface area contributed by atoms with Crippen molar-refractivity contribution in [3.05, 3.63) is 29.8 Å². The fraction of sp³-hybridized carbons (Fsp3) is 0.647. The molecule has 1 aliphatic rings. The summed E-state index contributed by atoms with van der Waals surface area (Å²) in [6.07, 6.45) is 4.11. The highest BCUT2D eigenvalue weighted by atomic mass is 15.0. The molecule has 0 amide bonds. The highest BCUT2D eigenvalue weighted by Crippen LogP contribution is 2.31. The molecule has 0 saturated heterocycles.